The van der Waals surface area contributed by atoms with Gasteiger partial charge in [0.1, 0.15) is 5.82 Å². The molecule has 4 nitrogen and oxygen atoms in total. The van der Waals surface area contributed by atoms with Crippen molar-refractivity contribution >= 4 is 22.4 Å². The van der Waals surface area contributed by atoms with Crippen LogP contribution in [0.2, 0.25) is 0 Å². The zero-order chi connectivity index (χ0) is 17.1. The molecule has 0 N–H and O–H groups in total. The van der Waals surface area contributed by atoms with Gasteiger partial charge in [-0.2, -0.15) is 0 Å². The molecule has 1 atom stereocenters. The molecule has 1 amide bonds. The number of nitrogens with zero attached hydrogens (tertiary/aromatic N) is 2. The first-order valence-electron chi connectivity index (χ1n) is 8.73. The van der Waals surface area contributed by atoms with E-state index in [2.05, 4.69) is 4.90 Å². The van der Waals surface area contributed by atoms with Crippen molar-refractivity contribution in [3.63, 3.8) is 0 Å². The lowest BCUT2D eigenvalue weighted by molar-refractivity contribution is -0.136. The molecule has 1 aliphatic carbocycles. The molecule has 0 bridgehead atoms. The number of hydrogen-bond donors (Lipinski definition) is 0. The van der Waals surface area contributed by atoms with Gasteiger partial charge >= 0.3 is 0 Å². The average molecular weight is 352 g/mol. The standard InChI is InChI=1S/C18H25FN2O2S/c1-24(23)17-8-7-15(13-16(17)19)20-9-11-21(12-10-20)18(22)14-5-3-2-4-6-14/h7-8,13-14H,2-6,9-12H2,1H3. The van der Waals surface area contributed by atoms with Crippen LogP contribution in [0.3, 0.4) is 0 Å². The van der Waals surface area contributed by atoms with Gasteiger partial charge in [-0.25, -0.2) is 4.39 Å². The maximum Gasteiger partial charge on any atom is 0.225 e. The monoisotopic (exact) mass is 352 g/mol. The molecule has 6 heteroatoms. The van der Waals surface area contributed by atoms with Crippen LogP contribution in [0.1, 0.15) is 32.1 Å². The van der Waals surface area contributed by atoms with Crippen LogP contribution in [-0.2, 0) is 15.6 Å². The summed E-state index contributed by atoms with van der Waals surface area (Å²) < 4.78 is 25.5. The normalized spacial score (nSPS) is 20.9. The van der Waals surface area contributed by atoms with Crippen molar-refractivity contribution in [2.24, 2.45) is 5.92 Å². The highest BCUT2D eigenvalue weighted by atomic mass is 32.2. The number of carbonyl (C=O) groups excluding carboxylic acids is 1. The first-order valence-corrected chi connectivity index (χ1v) is 10.3. The second-order valence-corrected chi connectivity index (χ2v) is 8.06. The minimum atomic E-state index is -1.32. The fourth-order valence-corrected chi connectivity index (χ4v) is 4.31. The Kier molecular flexibility index (Phi) is 5.54. The van der Waals surface area contributed by atoms with Gasteiger partial charge in [-0.1, -0.05) is 19.3 Å². The van der Waals surface area contributed by atoms with E-state index < -0.39 is 16.6 Å². The van der Waals surface area contributed by atoms with E-state index in [4.69, 9.17) is 0 Å². The van der Waals surface area contributed by atoms with E-state index in [1.165, 1.54) is 31.6 Å². The molecule has 0 spiro atoms. The summed E-state index contributed by atoms with van der Waals surface area (Å²) in [5.74, 6) is 0.0906. The number of hydrogen-bond acceptors (Lipinski definition) is 3. The summed E-state index contributed by atoms with van der Waals surface area (Å²) in [5, 5.41) is 0. The smallest absolute Gasteiger partial charge is 0.225 e. The summed E-state index contributed by atoms with van der Waals surface area (Å²) in [7, 11) is -1.32. The van der Waals surface area contributed by atoms with E-state index in [9.17, 15) is 13.4 Å². The van der Waals surface area contributed by atoms with E-state index in [1.807, 2.05) is 11.0 Å². The van der Waals surface area contributed by atoms with Gasteiger partial charge in [0.15, 0.2) is 0 Å². The molecule has 0 aromatic heterocycles. The van der Waals surface area contributed by atoms with E-state index in [-0.39, 0.29) is 10.8 Å². The molecule has 0 radical (unpaired) electrons. The van der Waals surface area contributed by atoms with Crippen molar-refractivity contribution in [2.75, 3.05) is 37.3 Å². The van der Waals surface area contributed by atoms with Crippen LogP contribution in [0.4, 0.5) is 10.1 Å². The van der Waals surface area contributed by atoms with Crippen molar-refractivity contribution < 1.29 is 13.4 Å². The molecule has 1 saturated heterocycles. The van der Waals surface area contributed by atoms with Gasteiger partial charge in [0.25, 0.3) is 0 Å². The molecule has 132 valence electrons. The van der Waals surface area contributed by atoms with E-state index in [0.29, 0.717) is 32.1 Å². The highest BCUT2D eigenvalue weighted by Gasteiger charge is 2.28. The second kappa shape index (κ2) is 7.64. The summed E-state index contributed by atoms with van der Waals surface area (Å²) in [4.78, 5) is 16.9. The maximum absolute atomic E-state index is 14.0. The summed E-state index contributed by atoms with van der Waals surface area (Å²) >= 11 is 0. The summed E-state index contributed by atoms with van der Waals surface area (Å²) in [6.07, 6.45) is 7.12. The van der Waals surface area contributed by atoms with Crippen molar-refractivity contribution in [1.82, 2.24) is 4.90 Å². The van der Waals surface area contributed by atoms with Gasteiger partial charge in [0.2, 0.25) is 5.91 Å². The quantitative estimate of drug-likeness (QED) is 0.840. The van der Waals surface area contributed by atoms with Crippen molar-refractivity contribution in [2.45, 2.75) is 37.0 Å². The highest BCUT2D eigenvalue weighted by Crippen LogP contribution is 2.27. The van der Waals surface area contributed by atoms with Gasteiger partial charge in [-0.15, -0.1) is 0 Å². The number of halogens is 1. The molecule has 1 saturated carbocycles. The predicted octanol–water partition coefficient (Wildman–Crippen LogP) is 2.79. The van der Waals surface area contributed by atoms with Crippen LogP contribution >= 0.6 is 0 Å². The van der Waals surface area contributed by atoms with Crippen molar-refractivity contribution in [1.29, 1.82) is 0 Å². The Morgan fingerprint density at radius 1 is 1.12 bits per heavy atom. The summed E-state index contributed by atoms with van der Waals surface area (Å²) in [5.41, 5.74) is 0.798. The predicted molar refractivity (Wildman–Crippen MR) is 94.1 cm³/mol. The maximum atomic E-state index is 14.0. The lowest BCUT2D eigenvalue weighted by Gasteiger charge is -2.38. The molecule has 1 aliphatic heterocycles. The van der Waals surface area contributed by atoms with Crippen LogP contribution in [-0.4, -0.2) is 47.5 Å². The van der Waals surface area contributed by atoms with Gasteiger partial charge in [-0.3, -0.25) is 9.00 Å². The fourth-order valence-electron chi connectivity index (χ4n) is 3.71. The van der Waals surface area contributed by atoms with Gasteiger partial charge in [0, 0.05) is 44.0 Å². The third kappa shape index (κ3) is 3.79. The molecule has 1 unspecified atom stereocenters. The Hall–Kier alpha value is -1.43. The van der Waals surface area contributed by atoms with Crippen LogP contribution in [0.5, 0.6) is 0 Å². The molecule has 1 aromatic rings. The van der Waals surface area contributed by atoms with E-state index in [1.54, 1.807) is 6.07 Å². The average Bonchev–Trinajstić information content (AvgIpc) is 2.61. The van der Waals surface area contributed by atoms with Crippen molar-refractivity contribution in [3.8, 4) is 0 Å². The fraction of sp³-hybridized carbons (Fsp3) is 0.611. The number of piperazine rings is 1. The number of amides is 1. The zero-order valence-corrected chi connectivity index (χ0v) is 15.0. The summed E-state index contributed by atoms with van der Waals surface area (Å²) in [6, 6.07) is 4.87. The van der Waals surface area contributed by atoms with Gasteiger partial charge in [0.05, 0.1) is 15.7 Å². The van der Waals surface area contributed by atoms with Gasteiger partial charge in [-0.05, 0) is 31.0 Å². The third-order valence-corrected chi connectivity index (χ3v) is 6.09. The Balaban J connectivity index is 1.59. The minimum absolute atomic E-state index is 0.210. The molecule has 2 aliphatic rings. The topological polar surface area (TPSA) is 40.6 Å². The molecule has 1 heterocycles. The Morgan fingerprint density at radius 3 is 2.38 bits per heavy atom. The molecule has 1 aromatic carbocycles. The number of anilines is 1. The molecule has 24 heavy (non-hydrogen) atoms. The lowest BCUT2D eigenvalue weighted by atomic mass is 9.88. The van der Waals surface area contributed by atoms with Crippen LogP contribution in [0, 0.1) is 11.7 Å². The number of benzene rings is 1. The van der Waals surface area contributed by atoms with E-state index >= 15 is 0 Å². The summed E-state index contributed by atoms with van der Waals surface area (Å²) in [6.45, 7) is 2.82. The Labute approximate surface area is 145 Å². The SMILES string of the molecule is CS(=O)c1ccc(N2CCN(C(=O)C3CCCCC3)CC2)cc1F. The van der Waals surface area contributed by atoms with Gasteiger partial charge < -0.3 is 9.80 Å². The molecular formula is C18H25FN2O2S. The third-order valence-electron chi connectivity index (χ3n) is 5.14. The minimum Gasteiger partial charge on any atom is -0.368 e. The van der Waals surface area contributed by atoms with Crippen LogP contribution < -0.4 is 4.90 Å². The second-order valence-electron chi connectivity index (χ2n) is 6.72. The molecule has 2 fully saturated rings. The lowest BCUT2D eigenvalue weighted by Crippen LogP contribution is -2.50. The van der Waals surface area contributed by atoms with E-state index in [0.717, 1.165) is 18.5 Å². The Bertz CT molecular complexity index is 623. The Morgan fingerprint density at radius 2 is 1.79 bits per heavy atom. The van der Waals surface area contributed by atoms with Crippen LogP contribution in [0.25, 0.3) is 0 Å². The first-order chi connectivity index (χ1) is 11.6. The highest BCUT2D eigenvalue weighted by molar-refractivity contribution is 7.84. The first kappa shape index (κ1) is 17.4. The number of rotatable bonds is 3. The zero-order valence-electron chi connectivity index (χ0n) is 14.2. The van der Waals surface area contributed by atoms with Crippen LogP contribution in [0.15, 0.2) is 23.1 Å². The van der Waals surface area contributed by atoms with Crippen molar-refractivity contribution in [3.05, 3.63) is 24.0 Å². The molecule has 3 rings (SSSR count). The number of carbonyl (C=O) groups is 1. The largest absolute Gasteiger partial charge is 0.368 e. The molecular weight excluding hydrogens is 327 g/mol.